The highest BCUT2D eigenvalue weighted by atomic mass is 32.1. The molecule has 0 saturated heterocycles. The van der Waals surface area contributed by atoms with E-state index in [0.717, 1.165) is 0 Å². The number of amides is 1. The first-order valence-corrected chi connectivity index (χ1v) is 3.04. The van der Waals surface area contributed by atoms with Crippen molar-refractivity contribution in [1.82, 2.24) is 4.72 Å². The van der Waals surface area contributed by atoms with E-state index in [2.05, 4.69) is 17.5 Å². The summed E-state index contributed by atoms with van der Waals surface area (Å²) in [6.45, 7) is 3.98. The molecule has 0 aromatic rings. The van der Waals surface area contributed by atoms with Gasteiger partial charge in [-0.15, -0.1) is 0 Å². The maximum absolute atomic E-state index is 10.4. The summed E-state index contributed by atoms with van der Waals surface area (Å²) < 4.78 is 2.25. The third-order valence-corrected chi connectivity index (χ3v) is 0.968. The third kappa shape index (κ3) is 4.05. The highest BCUT2D eigenvalue weighted by Crippen LogP contribution is 1.95. The van der Waals surface area contributed by atoms with Crippen LogP contribution in [0.1, 0.15) is 13.8 Å². The van der Waals surface area contributed by atoms with E-state index in [1.165, 1.54) is 0 Å². The largest absolute Gasteiger partial charge is 0.312 e. The number of hydrogen-bond donors (Lipinski definition) is 2. The van der Waals surface area contributed by atoms with Gasteiger partial charge >= 0.3 is 0 Å². The topological polar surface area (TPSA) is 29.1 Å². The Labute approximate surface area is 55.8 Å². The van der Waals surface area contributed by atoms with E-state index in [1.54, 1.807) is 0 Å². The first-order valence-electron chi connectivity index (χ1n) is 2.59. The number of carbonyl (C=O) groups is 1. The summed E-state index contributed by atoms with van der Waals surface area (Å²) in [6.07, 6.45) is 0. The Morgan fingerprint density at radius 2 is 2.25 bits per heavy atom. The van der Waals surface area contributed by atoms with Crippen LogP contribution in [0.3, 0.4) is 0 Å². The molecule has 0 rings (SSSR count). The molecule has 1 amide bonds. The van der Waals surface area contributed by atoms with E-state index in [-0.39, 0.29) is 5.81 Å². The van der Waals surface area contributed by atoms with Crippen molar-refractivity contribution in [3.63, 3.8) is 0 Å². The predicted octanol–water partition coefficient (Wildman–Crippen LogP) is 0.806. The number of hydrogen-bond acceptors (Lipinski definition) is 2. The van der Waals surface area contributed by atoms with Crippen molar-refractivity contribution in [2.24, 2.45) is 0 Å². The zero-order valence-electron chi connectivity index (χ0n) is 5.14. The second-order valence-electron chi connectivity index (χ2n) is 2.13. The van der Waals surface area contributed by atoms with Crippen LogP contribution >= 0.6 is 12.8 Å². The molecule has 1 N–H and O–H groups in total. The van der Waals surface area contributed by atoms with Gasteiger partial charge in [-0.05, 0) is 0 Å². The molecule has 46 valence electrons. The summed E-state index contributed by atoms with van der Waals surface area (Å²) in [6, 6.07) is 0. The molecule has 0 unspecified atom stereocenters. The van der Waals surface area contributed by atoms with Crippen molar-refractivity contribution >= 4 is 25.9 Å². The lowest BCUT2D eigenvalue weighted by molar-refractivity contribution is 0.263. The van der Waals surface area contributed by atoms with Crippen LogP contribution in [-0.4, -0.2) is 13.1 Å². The van der Waals surface area contributed by atoms with Crippen molar-refractivity contribution in [2.45, 2.75) is 19.7 Å². The normalized spacial score (nSPS) is 9.00. The number of carbonyl (C=O) groups excluding carboxylic acids is 1. The van der Waals surface area contributed by atoms with Gasteiger partial charge in [0.25, 0.3) is 0 Å². The molecule has 8 heavy (non-hydrogen) atoms. The summed E-state index contributed by atoms with van der Waals surface area (Å²) in [5.74, 6) is 0.408. The van der Waals surface area contributed by atoms with Crippen molar-refractivity contribution in [3.05, 3.63) is 0 Å². The first-order chi connectivity index (χ1) is 3.66. The van der Waals surface area contributed by atoms with Crippen molar-refractivity contribution in [1.29, 1.82) is 0 Å². The van der Waals surface area contributed by atoms with Crippen molar-refractivity contribution in [2.75, 3.05) is 0 Å². The van der Waals surface area contributed by atoms with Crippen LogP contribution in [0.4, 0.5) is 4.79 Å². The zero-order valence-corrected chi connectivity index (χ0v) is 6.03. The molecule has 0 saturated carbocycles. The van der Waals surface area contributed by atoms with Gasteiger partial charge in [0.15, 0.2) is 5.81 Å². The van der Waals surface area contributed by atoms with E-state index in [4.69, 9.17) is 0 Å². The molecule has 0 aromatic carbocycles. The standard InChI is InChI=1S/C4H10BNOS/c1-3(2)5-4(7)6-8/h3,5,8H,1-2H3,(H,6,7). The maximum Gasteiger partial charge on any atom is 0.237 e. The Hall–Kier alpha value is -0.115. The Balaban J connectivity index is 3.25. The molecule has 0 aliphatic carbocycles. The molecule has 0 aliphatic rings. The summed E-state index contributed by atoms with van der Waals surface area (Å²) in [7, 11) is 0.559. The average molecular weight is 131 g/mol. The number of thiol groups is 1. The summed E-state index contributed by atoms with van der Waals surface area (Å²) in [4.78, 5) is 10.4. The van der Waals surface area contributed by atoms with Gasteiger partial charge in [0.05, 0.1) is 0 Å². The molecule has 2 nitrogen and oxygen atoms in total. The molecule has 0 aromatic heterocycles. The Bertz CT molecular complexity index is 86.1. The fourth-order valence-corrected chi connectivity index (χ4v) is 0.508. The van der Waals surface area contributed by atoms with Crippen LogP contribution in [-0.2, 0) is 0 Å². The molecule has 0 aliphatic heterocycles. The minimum atomic E-state index is -0.0108. The first kappa shape index (κ1) is 7.88. The van der Waals surface area contributed by atoms with E-state index in [9.17, 15) is 4.79 Å². The molecule has 4 heteroatoms. The second kappa shape index (κ2) is 3.84. The Morgan fingerprint density at radius 1 is 1.75 bits per heavy atom. The van der Waals surface area contributed by atoms with Crippen molar-refractivity contribution in [3.8, 4) is 0 Å². The SMILES string of the molecule is CC(C)BC(=O)NS. The van der Waals surface area contributed by atoms with Gasteiger partial charge in [-0.1, -0.05) is 32.5 Å². The fraction of sp³-hybridized carbons (Fsp3) is 0.750. The predicted molar refractivity (Wildman–Crippen MR) is 39.8 cm³/mol. The Morgan fingerprint density at radius 3 is 2.38 bits per heavy atom. The average Bonchev–Trinajstić information content (AvgIpc) is 1.65. The molecule has 0 heterocycles. The van der Waals surface area contributed by atoms with Crippen LogP contribution in [0.15, 0.2) is 0 Å². The van der Waals surface area contributed by atoms with Gasteiger partial charge in [0, 0.05) is 0 Å². The van der Waals surface area contributed by atoms with Gasteiger partial charge in [0.2, 0.25) is 7.28 Å². The maximum atomic E-state index is 10.4. The summed E-state index contributed by atoms with van der Waals surface area (Å²) in [5.41, 5.74) is 0. The minimum absolute atomic E-state index is 0.0108. The third-order valence-electron chi connectivity index (χ3n) is 0.718. The molecule has 0 spiro atoms. The molecular formula is C4H10BNOS. The van der Waals surface area contributed by atoms with E-state index >= 15 is 0 Å². The quantitative estimate of drug-likeness (QED) is 0.421. The van der Waals surface area contributed by atoms with Crippen LogP contribution < -0.4 is 4.72 Å². The van der Waals surface area contributed by atoms with Crippen LogP contribution in [0.2, 0.25) is 5.82 Å². The van der Waals surface area contributed by atoms with Crippen LogP contribution in [0, 0.1) is 0 Å². The number of nitrogens with one attached hydrogen (secondary N) is 1. The van der Waals surface area contributed by atoms with E-state index in [1.807, 2.05) is 13.8 Å². The molecule has 0 atom stereocenters. The van der Waals surface area contributed by atoms with Gasteiger partial charge in [-0.3, -0.25) is 4.79 Å². The van der Waals surface area contributed by atoms with E-state index in [0.29, 0.717) is 13.1 Å². The lowest BCUT2D eigenvalue weighted by atomic mass is 9.66. The zero-order chi connectivity index (χ0) is 6.57. The lowest BCUT2D eigenvalue weighted by Crippen LogP contribution is -2.20. The van der Waals surface area contributed by atoms with Gasteiger partial charge < -0.3 is 4.72 Å². The van der Waals surface area contributed by atoms with Gasteiger partial charge in [-0.2, -0.15) is 0 Å². The van der Waals surface area contributed by atoms with E-state index < -0.39 is 0 Å². The molecule has 0 fully saturated rings. The van der Waals surface area contributed by atoms with Crippen molar-refractivity contribution < 1.29 is 4.79 Å². The lowest BCUT2D eigenvalue weighted by Gasteiger charge is -1.97. The monoisotopic (exact) mass is 131 g/mol. The molecular weight excluding hydrogens is 121 g/mol. The minimum Gasteiger partial charge on any atom is -0.312 e. The van der Waals surface area contributed by atoms with Gasteiger partial charge in [0.1, 0.15) is 0 Å². The van der Waals surface area contributed by atoms with Crippen LogP contribution in [0.5, 0.6) is 0 Å². The molecule has 0 bridgehead atoms. The highest BCUT2D eigenvalue weighted by Gasteiger charge is 2.03. The fourth-order valence-electron chi connectivity index (χ4n) is 0.416. The second-order valence-corrected chi connectivity index (χ2v) is 2.36. The van der Waals surface area contributed by atoms with Gasteiger partial charge in [-0.25, -0.2) is 0 Å². The summed E-state index contributed by atoms with van der Waals surface area (Å²) in [5, 5.41) is 0. The smallest absolute Gasteiger partial charge is 0.237 e. The Kier molecular flexibility index (Phi) is 3.78. The molecule has 0 radical (unpaired) electrons. The highest BCUT2D eigenvalue weighted by molar-refractivity contribution is 7.79. The summed E-state index contributed by atoms with van der Waals surface area (Å²) >= 11 is 3.59. The number of rotatable bonds is 2. The van der Waals surface area contributed by atoms with Crippen LogP contribution in [0.25, 0.3) is 0 Å².